The number of hydrogen-bond acceptors (Lipinski definition) is 2. The Morgan fingerprint density at radius 3 is 2.83 bits per heavy atom. The van der Waals surface area contributed by atoms with Crippen molar-refractivity contribution in [3.8, 4) is 0 Å². The van der Waals surface area contributed by atoms with E-state index in [1.54, 1.807) is 19.3 Å². The molecule has 0 fully saturated rings. The van der Waals surface area contributed by atoms with Crippen LogP contribution in [-0.4, -0.2) is 16.3 Å². The summed E-state index contributed by atoms with van der Waals surface area (Å²) in [4.78, 5) is 11.1. The molecule has 0 saturated heterocycles. The van der Waals surface area contributed by atoms with Crippen LogP contribution in [0.25, 0.3) is 0 Å². The molecule has 66 valence electrons. The minimum Gasteiger partial charge on any atom is -0.396 e. The second-order valence-electron chi connectivity index (χ2n) is 2.90. The maximum absolute atomic E-state index is 11.1. The van der Waals surface area contributed by atoms with Crippen LogP contribution in [0, 0.1) is 6.92 Å². The Kier molecular flexibility index (Phi) is 2.65. The van der Waals surface area contributed by atoms with Gasteiger partial charge in [0, 0.05) is 25.9 Å². The van der Waals surface area contributed by atoms with Gasteiger partial charge in [-0.2, -0.15) is 0 Å². The molecule has 0 aliphatic heterocycles. The Hall–Kier alpha value is -1.09. The molecule has 3 nitrogen and oxygen atoms in total. The highest BCUT2D eigenvalue weighted by molar-refractivity contribution is 5.22. The highest BCUT2D eigenvalue weighted by atomic mass is 16.3. The Balaban J connectivity index is 3.14. The third-order valence-electron chi connectivity index (χ3n) is 1.92. The van der Waals surface area contributed by atoms with Crippen LogP contribution in [0.3, 0.4) is 0 Å². The summed E-state index contributed by atoms with van der Waals surface area (Å²) in [5.74, 6) is 0. The van der Waals surface area contributed by atoms with Gasteiger partial charge in [-0.1, -0.05) is 0 Å². The minimum atomic E-state index is -0.00538. The first-order valence-corrected chi connectivity index (χ1v) is 3.92. The van der Waals surface area contributed by atoms with Gasteiger partial charge in [0.05, 0.1) is 0 Å². The standard InChI is InChI=1S/C9H13NO2/c1-7-5-9(12)10(2)6-8(7)3-4-11/h5-6,11H,3-4H2,1-2H3. The Morgan fingerprint density at radius 1 is 1.58 bits per heavy atom. The van der Waals surface area contributed by atoms with Crippen molar-refractivity contribution in [2.75, 3.05) is 6.61 Å². The number of rotatable bonds is 2. The smallest absolute Gasteiger partial charge is 0.250 e. The fourth-order valence-electron chi connectivity index (χ4n) is 1.16. The van der Waals surface area contributed by atoms with Gasteiger partial charge in [-0.05, 0) is 24.5 Å². The van der Waals surface area contributed by atoms with Gasteiger partial charge >= 0.3 is 0 Å². The van der Waals surface area contributed by atoms with E-state index >= 15 is 0 Å². The first-order valence-electron chi connectivity index (χ1n) is 3.92. The highest BCUT2D eigenvalue weighted by Gasteiger charge is 1.99. The molecule has 0 saturated carbocycles. The molecule has 1 heterocycles. The van der Waals surface area contributed by atoms with E-state index in [9.17, 15) is 4.79 Å². The van der Waals surface area contributed by atoms with Gasteiger partial charge in [0.2, 0.25) is 0 Å². The molecule has 0 aliphatic rings. The summed E-state index contributed by atoms with van der Waals surface area (Å²) in [5, 5.41) is 8.72. The van der Waals surface area contributed by atoms with Crippen molar-refractivity contribution in [1.82, 2.24) is 4.57 Å². The molecule has 1 rings (SSSR count). The molecule has 0 unspecified atom stereocenters. The molecule has 3 heteroatoms. The molecule has 12 heavy (non-hydrogen) atoms. The quantitative estimate of drug-likeness (QED) is 0.685. The summed E-state index contributed by atoms with van der Waals surface area (Å²) in [6, 6.07) is 1.59. The number of aromatic nitrogens is 1. The lowest BCUT2D eigenvalue weighted by molar-refractivity contribution is 0.299. The maximum Gasteiger partial charge on any atom is 0.250 e. The predicted molar refractivity (Wildman–Crippen MR) is 47.2 cm³/mol. The third-order valence-corrected chi connectivity index (χ3v) is 1.92. The number of aryl methyl sites for hydroxylation is 2. The van der Waals surface area contributed by atoms with E-state index in [0.29, 0.717) is 6.42 Å². The lowest BCUT2D eigenvalue weighted by Gasteiger charge is -2.05. The van der Waals surface area contributed by atoms with Crippen molar-refractivity contribution < 1.29 is 5.11 Å². The summed E-state index contributed by atoms with van der Waals surface area (Å²) in [7, 11) is 1.71. The highest BCUT2D eigenvalue weighted by Crippen LogP contribution is 2.03. The van der Waals surface area contributed by atoms with E-state index in [4.69, 9.17) is 5.11 Å². The second-order valence-corrected chi connectivity index (χ2v) is 2.90. The normalized spacial score (nSPS) is 10.2. The maximum atomic E-state index is 11.1. The van der Waals surface area contributed by atoms with Crippen molar-refractivity contribution in [1.29, 1.82) is 0 Å². The van der Waals surface area contributed by atoms with E-state index in [1.165, 1.54) is 4.57 Å². The van der Waals surface area contributed by atoms with E-state index in [-0.39, 0.29) is 12.2 Å². The third kappa shape index (κ3) is 1.74. The van der Waals surface area contributed by atoms with Gasteiger partial charge in [-0.3, -0.25) is 4.79 Å². The summed E-state index contributed by atoms with van der Waals surface area (Å²) in [6.07, 6.45) is 2.38. The average molecular weight is 167 g/mol. The van der Waals surface area contributed by atoms with E-state index in [2.05, 4.69) is 0 Å². The zero-order valence-corrected chi connectivity index (χ0v) is 7.37. The van der Waals surface area contributed by atoms with Crippen molar-refractivity contribution in [3.05, 3.63) is 33.7 Å². The van der Waals surface area contributed by atoms with Crippen LogP contribution in [0.5, 0.6) is 0 Å². The van der Waals surface area contributed by atoms with Gasteiger partial charge in [0.15, 0.2) is 0 Å². The predicted octanol–water partition coefficient (Wildman–Crippen LogP) is 0.229. The number of nitrogens with zero attached hydrogens (tertiary/aromatic N) is 1. The lowest BCUT2D eigenvalue weighted by atomic mass is 10.1. The van der Waals surface area contributed by atoms with Gasteiger partial charge in [-0.15, -0.1) is 0 Å². The van der Waals surface area contributed by atoms with Crippen molar-refractivity contribution in [2.24, 2.45) is 7.05 Å². The number of aliphatic hydroxyl groups is 1. The van der Waals surface area contributed by atoms with E-state index in [0.717, 1.165) is 11.1 Å². The van der Waals surface area contributed by atoms with Crippen LogP contribution in [-0.2, 0) is 13.5 Å². The molecule has 1 aromatic heterocycles. The molecule has 0 radical (unpaired) electrons. The monoisotopic (exact) mass is 167 g/mol. The zero-order chi connectivity index (χ0) is 9.14. The lowest BCUT2D eigenvalue weighted by Crippen LogP contribution is -2.17. The van der Waals surface area contributed by atoms with Gasteiger partial charge in [-0.25, -0.2) is 0 Å². The van der Waals surface area contributed by atoms with Crippen LogP contribution >= 0.6 is 0 Å². The fourth-order valence-corrected chi connectivity index (χ4v) is 1.16. The Bertz CT molecular complexity index is 328. The topological polar surface area (TPSA) is 42.2 Å². The van der Waals surface area contributed by atoms with Crippen LogP contribution in [0.2, 0.25) is 0 Å². The largest absolute Gasteiger partial charge is 0.396 e. The number of hydrogen-bond donors (Lipinski definition) is 1. The van der Waals surface area contributed by atoms with Crippen molar-refractivity contribution in [3.63, 3.8) is 0 Å². The van der Waals surface area contributed by atoms with Gasteiger partial charge in [0.25, 0.3) is 5.56 Å². The molecule has 1 aromatic rings. The average Bonchev–Trinajstić information content (AvgIpc) is 2.01. The molecule has 0 atom stereocenters. The molecular weight excluding hydrogens is 154 g/mol. The van der Waals surface area contributed by atoms with Crippen LogP contribution in [0.1, 0.15) is 11.1 Å². The van der Waals surface area contributed by atoms with Gasteiger partial charge in [0.1, 0.15) is 0 Å². The molecule has 0 aromatic carbocycles. The van der Waals surface area contributed by atoms with Crippen molar-refractivity contribution in [2.45, 2.75) is 13.3 Å². The molecule has 1 N–H and O–H groups in total. The fraction of sp³-hybridized carbons (Fsp3) is 0.444. The molecule has 0 aliphatic carbocycles. The first-order chi connectivity index (χ1) is 5.65. The second kappa shape index (κ2) is 3.54. The zero-order valence-electron chi connectivity index (χ0n) is 7.37. The molecule has 0 bridgehead atoms. The van der Waals surface area contributed by atoms with Gasteiger partial charge < -0.3 is 9.67 Å². The first kappa shape index (κ1) is 9.00. The summed E-state index contributed by atoms with van der Waals surface area (Å²) >= 11 is 0. The van der Waals surface area contributed by atoms with Crippen LogP contribution < -0.4 is 5.56 Å². The van der Waals surface area contributed by atoms with E-state index in [1.807, 2.05) is 6.92 Å². The van der Waals surface area contributed by atoms with Crippen LogP contribution in [0.4, 0.5) is 0 Å². The minimum absolute atomic E-state index is 0.00538. The number of aliphatic hydroxyl groups excluding tert-OH is 1. The number of pyridine rings is 1. The Labute approximate surface area is 71.3 Å². The summed E-state index contributed by atoms with van der Waals surface area (Å²) in [6.45, 7) is 2.01. The SMILES string of the molecule is Cc1cc(=O)n(C)cc1CCO. The molecular formula is C9H13NO2. The molecule has 0 spiro atoms. The molecule has 0 amide bonds. The van der Waals surface area contributed by atoms with E-state index < -0.39 is 0 Å². The summed E-state index contributed by atoms with van der Waals surface area (Å²) in [5.41, 5.74) is 1.97. The summed E-state index contributed by atoms with van der Waals surface area (Å²) < 4.78 is 1.53. The van der Waals surface area contributed by atoms with Crippen LogP contribution in [0.15, 0.2) is 17.1 Å². The van der Waals surface area contributed by atoms with Crippen molar-refractivity contribution >= 4 is 0 Å². The Morgan fingerprint density at radius 2 is 2.25 bits per heavy atom.